The molecule has 1 aliphatic heterocycles. The number of aromatic nitrogens is 1. The summed E-state index contributed by atoms with van der Waals surface area (Å²) in [5.74, 6) is 0.297. The van der Waals surface area contributed by atoms with Crippen LogP contribution in [0.1, 0.15) is 69.7 Å². The molecule has 6 nitrogen and oxygen atoms in total. The number of carbonyl (C=O) groups is 2. The molecule has 1 atom stereocenters. The highest BCUT2D eigenvalue weighted by Gasteiger charge is 2.53. The van der Waals surface area contributed by atoms with Crippen LogP contribution in [0.2, 0.25) is 0 Å². The predicted octanol–water partition coefficient (Wildman–Crippen LogP) is 3.02. The molecule has 1 aliphatic carbocycles. The number of nitrogens with zero attached hydrogens (tertiary/aromatic N) is 2. The fourth-order valence-corrected chi connectivity index (χ4v) is 3.86. The van der Waals surface area contributed by atoms with Crippen molar-refractivity contribution in [2.24, 2.45) is 5.92 Å². The standard InChI is InChI=1S/C18H26N2O4/c1-12(2)15-9-13(24-19-15)11-20(3)17(22)14-10-16(21)23-18(14)7-5-4-6-8-18/h9,12,14H,4-8,10-11H2,1-3H3/t14-/m1/s1. The maximum absolute atomic E-state index is 12.9. The predicted molar refractivity (Wildman–Crippen MR) is 87.1 cm³/mol. The van der Waals surface area contributed by atoms with E-state index in [1.165, 1.54) is 0 Å². The summed E-state index contributed by atoms with van der Waals surface area (Å²) in [6.45, 7) is 4.45. The summed E-state index contributed by atoms with van der Waals surface area (Å²) < 4.78 is 11.0. The van der Waals surface area contributed by atoms with Crippen molar-refractivity contribution in [1.29, 1.82) is 0 Å². The van der Waals surface area contributed by atoms with Gasteiger partial charge in [0.1, 0.15) is 5.60 Å². The Morgan fingerprint density at radius 3 is 2.71 bits per heavy atom. The highest BCUT2D eigenvalue weighted by molar-refractivity contribution is 5.87. The molecule has 1 aromatic heterocycles. The van der Waals surface area contributed by atoms with Gasteiger partial charge < -0.3 is 14.2 Å². The molecule has 1 amide bonds. The van der Waals surface area contributed by atoms with Crippen LogP contribution in [0.15, 0.2) is 10.6 Å². The first-order chi connectivity index (χ1) is 11.4. The molecule has 2 heterocycles. The van der Waals surface area contributed by atoms with E-state index < -0.39 is 5.60 Å². The second kappa shape index (κ2) is 6.57. The summed E-state index contributed by atoms with van der Waals surface area (Å²) in [5.41, 5.74) is 0.305. The molecule has 0 aromatic carbocycles. The average Bonchev–Trinajstić information content (AvgIpc) is 3.12. The van der Waals surface area contributed by atoms with Gasteiger partial charge in [-0.15, -0.1) is 0 Å². The van der Waals surface area contributed by atoms with Crippen LogP contribution in [0.5, 0.6) is 0 Å². The molecule has 0 bridgehead atoms. The van der Waals surface area contributed by atoms with E-state index in [1.807, 2.05) is 19.9 Å². The van der Waals surface area contributed by atoms with Crippen LogP contribution in [0, 0.1) is 5.92 Å². The van der Waals surface area contributed by atoms with Gasteiger partial charge in [-0.1, -0.05) is 25.4 Å². The highest BCUT2D eigenvalue weighted by Crippen LogP contribution is 2.44. The Kier molecular flexibility index (Phi) is 4.65. The van der Waals surface area contributed by atoms with E-state index in [0.717, 1.165) is 37.8 Å². The van der Waals surface area contributed by atoms with Gasteiger partial charge in [0.25, 0.3) is 0 Å². The number of hydrogen-bond acceptors (Lipinski definition) is 5. The minimum absolute atomic E-state index is 0.0368. The quantitative estimate of drug-likeness (QED) is 0.791. The molecule has 0 radical (unpaired) electrons. The third kappa shape index (κ3) is 3.19. The molecule has 1 aromatic rings. The lowest BCUT2D eigenvalue weighted by atomic mass is 9.75. The maximum atomic E-state index is 12.9. The molecule has 1 spiro atoms. The first-order valence-electron chi connectivity index (χ1n) is 8.83. The Morgan fingerprint density at radius 2 is 2.08 bits per heavy atom. The first kappa shape index (κ1) is 17.0. The monoisotopic (exact) mass is 334 g/mol. The molecule has 1 saturated carbocycles. The molecule has 0 unspecified atom stereocenters. The van der Waals surface area contributed by atoms with Crippen molar-refractivity contribution < 1.29 is 18.8 Å². The van der Waals surface area contributed by atoms with Crippen molar-refractivity contribution in [2.45, 2.75) is 70.4 Å². The summed E-state index contributed by atoms with van der Waals surface area (Å²) in [6, 6.07) is 1.89. The molecule has 1 saturated heterocycles. The van der Waals surface area contributed by atoms with E-state index >= 15 is 0 Å². The zero-order valence-corrected chi connectivity index (χ0v) is 14.7. The van der Waals surface area contributed by atoms with Gasteiger partial charge in [0.2, 0.25) is 5.91 Å². The van der Waals surface area contributed by atoms with Gasteiger partial charge in [-0.3, -0.25) is 9.59 Å². The van der Waals surface area contributed by atoms with Gasteiger partial charge in [0, 0.05) is 13.1 Å². The molecule has 132 valence electrons. The Balaban J connectivity index is 1.70. The van der Waals surface area contributed by atoms with E-state index in [9.17, 15) is 9.59 Å². The summed E-state index contributed by atoms with van der Waals surface area (Å²) in [5, 5.41) is 4.03. The van der Waals surface area contributed by atoms with Crippen molar-refractivity contribution >= 4 is 11.9 Å². The Bertz CT molecular complexity index is 616. The van der Waals surface area contributed by atoms with Crippen LogP contribution in [-0.4, -0.2) is 34.6 Å². The van der Waals surface area contributed by atoms with Crippen LogP contribution >= 0.6 is 0 Å². The molecular weight excluding hydrogens is 308 g/mol. The van der Waals surface area contributed by atoms with Crippen LogP contribution in [-0.2, 0) is 20.9 Å². The SMILES string of the molecule is CC(C)c1cc(CN(C)C(=O)[C@H]2CC(=O)OC23CCCCC3)on1. The van der Waals surface area contributed by atoms with Crippen molar-refractivity contribution in [2.75, 3.05) is 7.05 Å². The zero-order chi connectivity index (χ0) is 17.3. The van der Waals surface area contributed by atoms with Gasteiger partial charge in [0.05, 0.1) is 24.6 Å². The number of esters is 1. The largest absolute Gasteiger partial charge is 0.458 e. The molecule has 0 N–H and O–H groups in total. The fraction of sp³-hybridized carbons (Fsp3) is 0.722. The fourth-order valence-electron chi connectivity index (χ4n) is 3.86. The zero-order valence-electron chi connectivity index (χ0n) is 14.7. The highest BCUT2D eigenvalue weighted by atomic mass is 16.6. The lowest BCUT2D eigenvalue weighted by Gasteiger charge is -2.37. The summed E-state index contributed by atoms with van der Waals surface area (Å²) in [6.07, 6.45) is 4.95. The molecule has 6 heteroatoms. The topological polar surface area (TPSA) is 72.6 Å². The second-order valence-corrected chi connectivity index (χ2v) is 7.42. The minimum atomic E-state index is -0.578. The molecule has 24 heavy (non-hydrogen) atoms. The molecule has 2 fully saturated rings. The lowest BCUT2D eigenvalue weighted by Crippen LogP contribution is -2.46. The van der Waals surface area contributed by atoms with Crippen molar-refractivity contribution in [1.82, 2.24) is 10.1 Å². The summed E-state index contributed by atoms with van der Waals surface area (Å²) >= 11 is 0. The molecule has 2 aliphatic rings. The lowest BCUT2D eigenvalue weighted by molar-refractivity contribution is -0.155. The van der Waals surface area contributed by atoms with Crippen LogP contribution < -0.4 is 0 Å². The van der Waals surface area contributed by atoms with Gasteiger partial charge in [-0.05, 0) is 31.6 Å². The van der Waals surface area contributed by atoms with Crippen molar-refractivity contribution in [3.8, 4) is 0 Å². The number of rotatable bonds is 4. The average molecular weight is 334 g/mol. The van der Waals surface area contributed by atoms with Crippen molar-refractivity contribution in [3.05, 3.63) is 17.5 Å². The normalized spacial score (nSPS) is 22.8. The van der Waals surface area contributed by atoms with E-state index in [1.54, 1.807) is 11.9 Å². The Morgan fingerprint density at radius 1 is 1.38 bits per heavy atom. The van der Waals surface area contributed by atoms with E-state index in [-0.39, 0.29) is 30.1 Å². The van der Waals surface area contributed by atoms with Gasteiger partial charge in [-0.25, -0.2) is 0 Å². The van der Waals surface area contributed by atoms with E-state index in [4.69, 9.17) is 9.26 Å². The smallest absolute Gasteiger partial charge is 0.307 e. The third-order valence-electron chi connectivity index (χ3n) is 5.26. The molecule has 3 rings (SSSR count). The number of carbonyl (C=O) groups excluding carboxylic acids is 2. The van der Waals surface area contributed by atoms with Gasteiger partial charge >= 0.3 is 5.97 Å². The van der Waals surface area contributed by atoms with Gasteiger partial charge in [0.15, 0.2) is 5.76 Å². The van der Waals surface area contributed by atoms with Crippen LogP contribution in [0.3, 0.4) is 0 Å². The minimum Gasteiger partial charge on any atom is -0.458 e. The van der Waals surface area contributed by atoms with Crippen LogP contribution in [0.4, 0.5) is 0 Å². The van der Waals surface area contributed by atoms with Crippen LogP contribution in [0.25, 0.3) is 0 Å². The summed E-state index contributed by atoms with van der Waals surface area (Å²) in [4.78, 5) is 26.4. The van der Waals surface area contributed by atoms with E-state index in [2.05, 4.69) is 5.16 Å². The Hall–Kier alpha value is -1.85. The maximum Gasteiger partial charge on any atom is 0.307 e. The first-order valence-corrected chi connectivity index (χ1v) is 8.83. The van der Waals surface area contributed by atoms with Crippen molar-refractivity contribution in [3.63, 3.8) is 0 Å². The van der Waals surface area contributed by atoms with Gasteiger partial charge in [-0.2, -0.15) is 0 Å². The Labute approximate surface area is 142 Å². The molecular formula is C18H26N2O4. The number of hydrogen-bond donors (Lipinski definition) is 0. The third-order valence-corrected chi connectivity index (χ3v) is 5.26. The summed E-state index contributed by atoms with van der Waals surface area (Å²) in [7, 11) is 1.75. The number of amides is 1. The number of ether oxygens (including phenoxy) is 1. The second-order valence-electron chi connectivity index (χ2n) is 7.42. The van der Waals surface area contributed by atoms with E-state index in [0.29, 0.717) is 12.3 Å².